The number of rotatable bonds is 3. The van der Waals surface area contributed by atoms with Gasteiger partial charge in [-0.3, -0.25) is 4.98 Å². The first-order chi connectivity index (χ1) is 9.13. The number of halogens is 3. The number of benzene rings is 1. The van der Waals surface area contributed by atoms with Gasteiger partial charge in [0.25, 0.3) is 0 Å². The van der Waals surface area contributed by atoms with Crippen molar-refractivity contribution in [3.8, 4) is 5.75 Å². The molecule has 0 unspecified atom stereocenters. The lowest BCUT2D eigenvalue weighted by Gasteiger charge is -2.10. The number of fused-ring (bicyclic) bond motifs is 1. The van der Waals surface area contributed by atoms with Gasteiger partial charge in [-0.2, -0.15) is 0 Å². The number of carbonyl (C=O) groups is 1. The molecule has 0 spiro atoms. The number of nitrogens with zero attached hydrogens (tertiary/aromatic N) is 1. The lowest BCUT2D eigenvalue weighted by Crippen LogP contribution is -2.28. The van der Waals surface area contributed by atoms with E-state index in [0.29, 0.717) is 28.4 Å². The predicted octanol–water partition coefficient (Wildman–Crippen LogP) is 3.87. The molecule has 7 heteroatoms. The molecule has 0 aliphatic heterocycles. The third kappa shape index (κ3) is 3.21. The number of amides is 1. The molecule has 100 valence electrons. The van der Waals surface area contributed by atoms with Gasteiger partial charge in [0.1, 0.15) is 5.52 Å². The summed E-state index contributed by atoms with van der Waals surface area (Å²) in [6, 6.07) is 5.02. The molecular formula is C12H9Cl3N2O2. The van der Waals surface area contributed by atoms with E-state index in [1.165, 1.54) is 6.07 Å². The summed E-state index contributed by atoms with van der Waals surface area (Å²) in [4.78, 5) is 15.7. The maximum atomic E-state index is 11.5. The maximum absolute atomic E-state index is 11.5. The molecule has 1 heterocycles. The van der Waals surface area contributed by atoms with E-state index in [2.05, 4.69) is 10.3 Å². The fraction of sp³-hybridized carbons (Fsp3) is 0.167. The van der Waals surface area contributed by atoms with E-state index >= 15 is 0 Å². The van der Waals surface area contributed by atoms with Gasteiger partial charge in [0.15, 0.2) is 5.75 Å². The average molecular weight is 320 g/mol. The van der Waals surface area contributed by atoms with Crippen LogP contribution in [0.1, 0.15) is 0 Å². The number of alkyl halides is 1. The Morgan fingerprint density at radius 2 is 2.16 bits per heavy atom. The predicted molar refractivity (Wildman–Crippen MR) is 76.5 cm³/mol. The molecule has 0 atom stereocenters. The summed E-state index contributed by atoms with van der Waals surface area (Å²) in [6.45, 7) is 0.303. The third-order valence-electron chi connectivity index (χ3n) is 2.31. The van der Waals surface area contributed by atoms with E-state index in [9.17, 15) is 4.79 Å². The molecule has 1 aromatic carbocycles. The Balaban J connectivity index is 2.39. The molecular weight excluding hydrogens is 311 g/mol. The first-order valence-corrected chi connectivity index (χ1v) is 6.67. The Morgan fingerprint density at radius 1 is 1.37 bits per heavy atom. The number of carbonyl (C=O) groups excluding carboxylic acids is 1. The Morgan fingerprint density at radius 3 is 2.89 bits per heavy atom. The van der Waals surface area contributed by atoms with Crippen LogP contribution in [-0.2, 0) is 0 Å². The van der Waals surface area contributed by atoms with Crippen LogP contribution in [0.25, 0.3) is 10.9 Å². The quantitative estimate of drug-likeness (QED) is 0.874. The van der Waals surface area contributed by atoms with Gasteiger partial charge in [0, 0.05) is 24.0 Å². The van der Waals surface area contributed by atoms with Crippen molar-refractivity contribution in [3.63, 3.8) is 0 Å². The number of hydrogen-bond donors (Lipinski definition) is 1. The van der Waals surface area contributed by atoms with Crippen LogP contribution in [0, 0.1) is 0 Å². The van der Waals surface area contributed by atoms with Crippen molar-refractivity contribution in [1.82, 2.24) is 10.3 Å². The van der Waals surface area contributed by atoms with E-state index in [0.717, 1.165) is 0 Å². The SMILES string of the molecule is O=C(NCCCl)Oc1c(Cl)cc(Cl)c2cccnc12. The van der Waals surface area contributed by atoms with Gasteiger partial charge in [-0.25, -0.2) is 4.79 Å². The number of aromatic nitrogens is 1. The number of ether oxygens (including phenoxy) is 1. The molecule has 0 aliphatic rings. The molecule has 2 aromatic rings. The van der Waals surface area contributed by atoms with Crippen LogP contribution in [0.2, 0.25) is 10.0 Å². The van der Waals surface area contributed by atoms with Crippen molar-refractivity contribution in [3.05, 3.63) is 34.4 Å². The van der Waals surface area contributed by atoms with Crippen LogP contribution >= 0.6 is 34.8 Å². The summed E-state index contributed by atoms with van der Waals surface area (Å²) in [6.07, 6.45) is 0.926. The highest BCUT2D eigenvalue weighted by Crippen LogP contribution is 2.36. The van der Waals surface area contributed by atoms with Crippen molar-refractivity contribution in [2.45, 2.75) is 0 Å². The molecule has 1 aromatic heterocycles. The smallest absolute Gasteiger partial charge is 0.406 e. The second-order valence-corrected chi connectivity index (χ2v) is 4.77. The van der Waals surface area contributed by atoms with E-state index in [1.54, 1.807) is 18.3 Å². The molecule has 4 nitrogen and oxygen atoms in total. The highest BCUT2D eigenvalue weighted by atomic mass is 35.5. The fourth-order valence-electron chi connectivity index (χ4n) is 1.52. The van der Waals surface area contributed by atoms with Crippen molar-refractivity contribution in [2.24, 2.45) is 0 Å². The molecule has 0 aliphatic carbocycles. The third-order valence-corrected chi connectivity index (χ3v) is 3.09. The minimum atomic E-state index is -0.642. The first-order valence-electron chi connectivity index (χ1n) is 5.38. The Kier molecular flexibility index (Phi) is 4.69. The molecule has 0 fully saturated rings. The lowest BCUT2D eigenvalue weighted by atomic mass is 10.2. The standard InChI is InChI=1S/C12H9Cl3N2O2/c13-3-5-17-12(18)19-11-9(15)6-8(14)7-2-1-4-16-10(7)11/h1-2,4,6H,3,5H2,(H,17,18). The zero-order chi connectivity index (χ0) is 13.8. The summed E-state index contributed by atoms with van der Waals surface area (Å²) in [5.74, 6) is 0.469. The van der Waals surface area contributed by atoms with E-state index in [-0.39, 0.29) is 10.8 Å². The summed E-state index contributed by atoms with van der Waals surface area (Å²) in [5.41, 5.74) is 0.432. The highest BCUT2D eigenvalue weighted by Gasteiger charge is 2.15. The first kappa shape index (κ1) is 14.2. The van der Waals surface area contributed by atoms with Crippen molar-refractivity contribution < 1.29 is 9.53 Å². The topological polar surface area (TPSA) is 51.2 Å². The van der Waals surface area contributed by atoms with Crippen LogP contribution in [0.3, 0.4) is 0 Å². The van der Waals surface area contributed by atoms with Gasteiger partial charge in [0.2, 0.25) is 0 Å². The largest absolute Gasteiger partial charge is 0.412 e. The Hall–Kier alpha value is -1.23. The van der Waals surface area contributed by atoms with Gasteiger partial charge < -0.3 is 10.1 Å². The van der Waals surface area contributed by atoms with Crippen LogP contribution < -0.4 is 10.1 Å². The molecule has 0 saturated carbocycles. The van der Waals surface area contributed by atoms with Crippen molar-refractivity contribution in [2.75, 3.05) is 12.4 Å². The van der Waals surface area contributed by atoms with Gasteiger partial charge in [-0.1, -0.05) is 23.2 Å². The second-order valence-electron chi connectivity index (χ2n) is 3.57. The fourth-order valence-corrected chi connectivity index (χ4v) is 2.17. The van der Waals surface area contributed by atoms with Crippen LogP contribution in [-0.4, -0.2) is 23.5 Å². The monoisotopic (exact) mass is 318 g/mol. The van der Waals surface area contributed by atoms with E-state index < -0.39 is 6.09 Å². The second kappa shape index (κ2) is 6.28. The van der Waals surface area contributed by atoms with Crippen LogP contribution in [0.4, 0.5) is 4.79 Å². The highest BCUT2D eigenvalue weighted by molar-refractivity contribution is 6.39. The van der Waals surface area contributed by atoms with Gasteiger partial charge in [0.05, 0.1) is 10.0 Å². The van der Waals surface area contributed by atoms with Gasteiger partial charge in [-0.15, -0.1) is 11.6 Å². The van der Waals surface area contributed by atoms with E-state index in [1.807, 2.05) is 0 Å². The number of nitrogens with one attached hydrogen (secondary N) is 1. The summed E-state index contributed by atoms with van der Waals surface area (Å²) >= 11 is 17.6. The minimum Gasteiger partial charge on any atom is -0.406 e. The molecule has 0 bridgehead atoms. The average Bonchev–Trinajstić information content (AvgIpc) is 2.41. The number of hydrogen-bond acceptors (Lipinski definition) is 3. The molecule has 1 amide bonds. The zero-order valence-corrected chi connectivity index (χ0v) is 11.9. The summed E-state index contributed by atoms with van der Waals surface area (Å²) < 4.78 is 5.15. The van der Waals surface area contributed by atoms with E-state index in [4.69, 9.17) is 39.5 Å². The Bertz CT molecular complexity index is 619. The van der Waals surface area contributed by atoms with Crippen molar-refractivity contribution >= 4 is 51.8 Å². The van der Waals surface area contributed by atoms with Crippen LogP contribution in [0.15, 0.2) is 24.4 Å². The summed E-state index contributed by atoms with van der Waals surface area (Å²) in [5, 5.41) is 3.80. The maximum Gasteiger partial charge on any atom is 0.412 e. The number of pyridine rings is 1. The normalized spacial score (nSPS) is 10.5. The van der Waals surface area contributed by atoms with Gasteiger partial charge in [-0.05, 0) is 18.2 Å². The minimum absolute atomic E-state index is 0.175. The molecule has 1 N–H and O–H groups in total. The van der Waals surface area contributed by atoms with Gasteiger partial charge >= 0.3 is 6.09 Å². The lowest BCUT2D eigenvalue weighted by molar-refractivity contribution is 0.201. The molecule has 0 radical (unpaired) electrons. The molecule has 0 saturated heterocycles. The van der Waals surface area contributed by atoms with Crippen molar-refractivity contribution in [1.29, 1.82) is 0 Å². The Labute approximate surface area is 124 Å². The van der Waals surface area contributed by atoms with Crippen LogP contribution in [0.5, 0.6) is 5.75 Å². The summed E-state index contributed by atoms with van der Waals surface area (Å²) in [7, 11) is 0. The zero-order valence-electron chi connectivity index (χ0n) is 9.62. The molecule has 19 heavy (non-hydrogen) atoms. The molecule has 2 rings (SSSR count).